The number of fused-ring (bicyclic) bond motifs is 1. The highest BCUT2D eigenvalue weighted by Gasteiger charge is 2.33. The first-order chi connectivity index (χ1) is 11.7. The van der Waals surface area contributed by atoms with Crippen LogP contribution in [0.4, 0.5) is 0 Å². The molecule has 0 spiro atoms. The van der Waals surface area contributed by atoms with E-state index in [-0.39, 0.29) is 0 Å². The Kier molecular flexibility index (Phi) is 4.31. The molecule has 4 nitrogen and oxygen atoms in total. The van der Waals surface area contributed by atoms with Gasteiger partial charge in [0.05, 0.1) is 0 Å². The molecule has 0 amide bonds. The second-order valence-electron chi connectivity index (χ2n) is 7.41. The second kappa shape index (κ2) is 6.60. The van der Waals surface area contributed by atoms with Gasteiger partial charge in [-0.2, -0.15) is 0 Å². The van der Waals surface area contributed by atoms with E-state index in [2.05, 4.69) is 20.6 Å². The largest absolute Gasteiger partial charge is 0.508 e. The summed E-state index contributed by atoms with van der Waals surface area (Å²) in [7, 11) is 0. The SMILES string of the molecule is Cc1cc(-c2nccn2C[C@@H]2CCCN3CCCC[C@H]23)ccc1O. The van der Waals surface area contributed by atoms with Gasteiger partial charge in [0.15, 0.2) is 0 Å². The van der Waals surface area contributed by atoms with Gasteiger partial charge in [0.25, 0.3) is 0 Å². The summed E-state index contributed by atoms with van der Waals surface area (Å²) in [5, 5.41) is 9.77. The van der Waals surface area contributed by atoms with E-state index in [0.29, 0.717) is 5.75 Å². The van der Waals surface area contributed by atoms with Crippen LogP contribution in [0, 0.1) is 12.8 Å². The molecule has 4 rings (SSSR count). The maximum Gasteiger partial charge on any atom is 0.139 e. The van der Waals surface area contributed by atoms with Crippen LogP contribution in [0.3, 0.4) is 0 Å². The minimum absolute atomic E-state index is 0.349. The number of aryl methyl sites for hydroxylation is 1. The lowest BCUT2D eigenvalue weighted by atomic mass is 9.83. The monoisotopic (exact) mass is 325 g/mol. The first-order valence-corrected chi connectivity index (χ1v) is 9.27. The Bertz CT molecular complexity index is 707. The van der Waals surface area contributed by atoms with Crippen LogP contribution in [-0.4, -0.2) is 38.7 Å². The van der Waals surface area contributed by atoms with E-state index >= 15 is 0 Å². The van der Waals surface area contributed by atoms with E-state index in [9.17, 15) is 5.11 Å². The zero-order valence-corrected chi connectivity index (χ0v) is 14.5. The van der Waals surface area contributed by atoms with Gasteiger partial charge in [0.1, 0.15) is 11.6 Å². The fraction of sp³-hybridized carbons (Fsp3) is 0.550. The number of benzene rings is 1. The van der Waals surface area contributed by atoms with E-state index in [1.165, 1.54) is 45.2 Å². The Morgan fingerprint density at radius 3 is 2.92 bits per heavy atom. The number of phenols is 1. The highest BCUT2D eigenvalue weighted by atomic mass is 16.3. The molecule has 2 atom stereocenters. The first kappa shape index (κ1) is 15.7. The minimum atomic E-state index is 0.349. The van der Waals surface area contributed by atoms with Crippen LogP contribution in [0.1, 0.15) is 37.7 Å². The maximum atomic E-state index is 9.77. The zero-order valence-electron chi connectivity index (χ0n) is 14.5. The molecule has 2 aromatic rings. The molecule has 0 bridgehead atoms. The fourth-order valence-corrected chi connectivity index (χ4v) is 4.55. The minimum Gasteiger partial charge on any atom is -0.508 e. The van der Waals surface area contributed by atoms with Gasteiger partial charge >= 0.3 is 0 Å². The average molecular weight is 325 g/mol. The summed E-state index contributed by atoms with van der Waals surface area (Å²) >= 11 is 0. The highest BCUT2D eigenvalue weighted by molar-refractivity contribution is 5.59. The third-order valence-electron chi connectivity index (χ3n) is 5.83. The van der Waals surface area contributed by atoms with Crippen LogP contribution in [0.15, 0.2) is 30.6 Å². The van der Waals surface area contributed by atoms with Crippen molar-refractivity contribution in [2.24, 2.45) is 5.92 Å². The summed E-state index contributed by atoms with van der Waals surface area (Å²) in [5.41, 5.74) is 1.99. The lowest BCUT2D eigenvalue weighted by Gasteiger charge is -2.44. The number of hydrogen-bond donors (Lipinski definition) is 1. The van der Waals surface area contributed by atoms with Crippen molar-refractivity contribution in [3.05, 3.63) is 36.2 Å². The smallest absolute Gasteiger partial charge is 0.139 e. The van der Waals surface area contributed by atoms with Gasteiger partial charge in [-0.25, -0.2) is 4.98 Å². The molecule has 0 saturated carbocycles. The summed E-state index contributed by atoms with van der Waals surface area (Å²) < 4.78 is 2.31. The van der Waals surface area contributed by atoms with Crippen molar-refractivity contribution >= 4 is 0 Å². The van der Waals surface area contributed by atoms with Crippen molar-refractivity contribution in [2.75, 3.05) is 13.1 Å². The Labute approximate surface area is 144 Å². The van der Waals surface area contributed by atoms with Crippen molar-refractivity contribution in [1.82, 2.24) is 14.5 Å². The predicted molar refractivity (Wildman–Crippen MR) is 96.0 cm³/mol. The Morgan fingerprint density at radius 1 is 1.17 bits per heavy atom. The summed E-state index contributed by atoms with van der Waals surface area (Å²) in [5.74, 6) is 2.10. The van der Waals surface area contributed by atoms with Gasteiger partial charge in [-0.3, -0.25) is 0 Å². The van der Waals surface area contributed by atoms with Gasteiger partial charge < -0.3 is 14.6 Å². The number of phenolic OH excluding ortho intramolecular Hbond substituents is 1. The van der Waals surface area contributed by atoms with Crippen molar-refractivity contribution in [3.8, 4) is 17.1 Å². The molecule has 2 aliphatic rings. The number of aromatic nitrogens is 2. The molecule has 1 aromatic heterocycles. The summed E-state index contributed by atoms with van der Waals surface area (Å²) in [4.78, 5) is 7.32. The van der Waals surface area contributed by atoms with Crippen molar-refractivity contribution in [2.45, 2.75) is 51.6 Å². The predicted octanol–water partition coefficient (Wildman–Crippen LogP) is 3.83. The molecule has 0 unspecified atom stereocenters. The summed E-state index contributed by atoms with van der Waals surface area (Å²) in [6.45, 7) is 5.56. The lowest BCUT2D eigenvalue weighted by Crippen LogP contribution is -2.49. The van der Waals surface area contributed by atoms with E-state index in [0.717, 1.165) is 35.5 Å². The van der Waals surface area contributed by atoms with Crippen LogP contribution in [0.2, 0.25) is 0 Å². The van der Waals surface area contributed by atoms with Gasteiger partial charge in [-0.05, 0) is 75.4 Å². The molecule has 4 heteroatoms. The standard InChI is InChI=1S/C20H27N3O/c1-15-13-16(7-8-19(15)24)20-21-9-12-23(20)14-17-5-4-11-22-10-3-2-6-18(17)22/h7-9,12-13,17-18,24H,2-6,10-11,14H2,1H3/t17-,18+/m0/s1. The van der Waals surface area contributed by atoms with E-state index in [1.807, 2.05) is 25.3 Å². The van der Waals surface area contributed by atoms with Crippen LogP contribution in [-0.2, 0) is 6.54 Å². The van der Waals surface area contributed by atoms with E-state index in [1.54, 1.807) is 6.07 Å². The van der Waals surface area contributed by atoms with E-state index in [4.69, 9.17) is 0 Å². The number of piperidine rings is 2. The highest BCUT2D eigenvalue weighted by Crippen LogP contribution is 2.33. The molecule has 3 heterocycles. The molecular formula is C20H27N3O. The molecular weight excluding hydrogens is 298 g/mol. The zero-order chi connectivity index (χ0) is 16.5. The third-order valence-corrected chi connectivity index (χ3v) is 5.83. The molecule has 2 fully saturated rings. The molecule has 1 N–H and O–H groups in total. The lowest BCUT2D eigenvalue weighted by molar-refractivity contribution is 0.0521. The molecule has 24 heavy (non-hydrogen) atoms. The van der Waals surface area contributed by atoms with Gasteiger partial charge in [0, 0.05) is 30.5 Å². The second-order valence-corrected chi connectivity index (χ2v) is 7.41. The molecule has 128 valence electrons. The molecule has 1 aromatic carbocycles. The van der Waals surface area contributed by atoms with Gasteiger partial charge in [0.2, 0.25) is 0 Å². The summed E-state index contributed by atoms with van der Waals surface area (Å²) in [6, 6.07) is 6.52. The molecule has 2 saturated heterocycles. The molecule has 0 aliphatic carbocycles. The quantitative estimate of drug-likeness (QED) is 0.932. The third kappa shape index (κ3) is 2.95. The average Bonchev–Trinajstić information content (AvgIpc) is 3.06. The Morgan fingerprint density at radius 2 is 2.04 bits per heavy atom. The summed E-state index contributed by atoms with van der Waals surface area (Å²) in [6.07, 6.45) is 10.8. The number of hydrogen-bond acceptors (Lipinski definition) is 3. The number of nitrogens with zero attached hydrogens (tertiary/aromatic N) is 3. The molecule has 2 aliphatic heterocycles. The topological polar surface area (TPSA) is 41.3 Å². The fourth-order valence-electron chi connectivity index (χ4n) is 4.55. The van der Waals surface area contributed by atoms with Gasteiger partial charge in [-0.1, -0.05) is 6.42 Å². The van der Waals surface area contributed by atoms with Crippen LogP contribution in [0.5, 0.6) is 5.75 Å². The number of rotatable bonds is 3. The van der Waals surface area contributed by atoms with Gasteiger partial charge in [-0.15, -0.1) is 0 Å². The van der Waals surface area contributed by atoms with Crippen molar-refractivity contribution in [3.63, 3.8) is 0 Å². The maximum absolute atomic E-state index is 9.77. The Balaban J connectivity index is 1.57. The molecule has 0 radical (unpaired) electrons. The normalized spacial score (nSPS) is 24.7. The number of imidazole rings is 1. The van der Waals surface area contributed by atoms with E-state index < -0.39 is 0 Å². The van der Waals surface area contributed by atoms with Crippen molar-refractivity contribution < 1.29 is 5.11 Å². The first-order valence-electron chi connectivity index (χ1n) is 9.27. The van der Waals surface area contributed by atoms with Crippen molar-refractivity contribution in [1.29, 1.82) is 0 Å². The Hall–Kier alpha value is -1.81. The van der Waals surface area contributed by atoms with Crippen LogP contribution >= 0.6 is 0 Å². The van der Waals surface area contributed by atoms with Crippen LogP contribution < -0.4 is 0 Å². The van der Waals surface area contributed by atoms with Crippen LogP contribution in [0.25, 0.3) is 11.4 Å². The number of aromatic hydroxyl groups is 1.